The fourth-order valence-electron chi connectivity index (χ4n) is 8.44. The van der Waals surface area contributed by atoms with Crippen molar-refractivity contribution in [3.63, 3.8) is 0 Å². The van der Waals surface area contributed by atoms with E-state index in [4.69, 9.17) is 4.42 Å². The second kappa shape index (κ2) is 12.6. The van der Waals surface area contributed by atoms with Crippen LogP contribution < -0.4 is 4.90 Å². The third-order valence-electron chi connectivity index (χ3n) is 11.0. The smallest absolute Gasteiger partial charge is 0.143 e. The maximum absolute atomic E-state index is 6.62. The van der Waals surface area contributed by atoms with Crippen LogP contribution in [-0.4, -0.2) is 4.57 Å². The fourth-order valence-corrected chi connectivity index (χ4v) is 8.44. The molecule has 0 N–H and O–H groups in total. The first kappa shape index (κ1) is 31.2. The van der Waals surface area contributed by atoms with Crippen molar-refractivity contribution in [2.75, 3.05) is 4.90 Å². The highest BCUT2D eigenvalue weighted by molar-refractivity contribution is 6.20. The Hall–Kier alpha value is -7.36. The number of anilines is 3. The summed E-state index contributed by atoms with van der Waals surface area (Å²) in [6, 6.07) is 73.8. The van der Waals surface area contributed by atoms with Gasteiger partial charge in [-0.15, -0.1) is 0 Å². The predicted molar refractivity (Wildman–Crippen MR) is 231 cm³/mol. The van der Waals surface area contributed by atoms with Crippen LogP contribution in [0.1, 0.15) is 0 Å². The molecule has 2 heterocycles. The van der Waals surface area contributed by atoms with Gasteiger partial charge >= 0.3 is 0 Å². The zero-order chi connectivity index (χ0) is 36.3. The lowest BCUT2D eigenvalue weighted by atomic mass is 9.99. The van der Waals surface area contributed by atoms with Crippen molar-refractivity contribution in [2.24, 2.45) is 0 Å². The molecule has 0 aliphatic rings. The maximum atomic E-state index is 6.62. The van der Waals surface area contributed by atoms with Crippen molar-refractivity contribution < 1.29 is 4.42 Å². The van der Waals surface area contributed by atoms with Crippen LogP contribution in [0.15, 0.2) is 211 Å². The molecule has 0 amide bonds. The molecule has 0 fully saturated rings. The first-order chi connectivity index (χ1) is 27.3. The van der Waals surface area contributed by atoms with Crippen LogP contribution in [0, 0.1) is 0 Å². The van der Waals surface area contributed by atoms with Gasteiger partial charge in [0.1, 0.15) is 11.2 Å². The topological polar surface area (TPSA) is 21.3 Å². The van der Waals surface area contributed by atoms with Gasteiger partial charge in [0.2, 0.25) is 0 Å². The van der Waals surface area contributed by atoms with Crippen LogP contribution in [0.2, 0.25) is 0 Å². The van der Waals surface area contributed by atoms with Crippen LogP contribution in [0.4, 0.5) is 17.1 Å². The number of rotatable bonds is 6. The molecule has 0 aliphatic heterocycles. The summed E-state index contributed by atoms with van der Waals surface area (Å²) in [4.78, 5) is 2.37. The summed E-state index contributed by atoms with van der Waals surface area (Å²) in [7, 11) is 0. The Balaban J connectivity index is 1.08. The Labute approximate surface area is 318 Å². The van der Waals surface area contributed by atoms with E-state index in [9.17, 15) is 0 Å². The average molecular weight is 703 g/mol. The normalized spacial score (nSPS) is 11.6. The molecular formula is C52H34N2O. The molecule has 0 bridgehead atoms. The molecular weight excluding hydrogens is 669 g/mol. The van der Waals surface area contributed by atoms with Gasteiger partial charge in [-0.3, -0.25) is 0 Å². The zero-order valence-corrected chi connectivity index (χ0v) is 29.9. The van der Waals surface area contributed by atoms with Crippen LogP contribution in [0.25, 0.3) is 82.5 Å². The van der Waals surface area contributed by atoms with Gasteiger partial charge in [-0.2, -0.15) is 0 Å². The molecule has 258 valence electrons. The van der Waals surface area contributed by atoms with E-state index in [0.29, 0.717) is 0 Å². The second-order valence-corrected chi connectivity index (χ2v) is 14.1. The second-order valence-electron chi connectivity index (χ2n) is 14.1. The largest absolute Gasteiger partial charge is 0.455 e. The summed E-state index contributed by atoms with van der Waals surface area (Å²) in [6.45, 7) is 0. The van der Waals surface area contributed by atoms with Gasteiger partial charge in [0.05, 0.1) is 11.0 Å². The van der Waals surface area contributed by atoms with Gasteiger partial charge in [0.25, 0.3) is 0 Å². The molecule has 0 aliphatic carbocycles. The number of hydrogen-bond acceptors (Lipinski definition) is 2. The molecule has 2 aromatic heterocycles. The van der Waals surface area contributed by atoms with Crippen LogP contribution in [0.3, 0.4) is 0 Å². The van der Waals surface area contributed by atoms with E-state index in [1.54, 1.807) is 0 Å². The summed E-state index contributed by atoms with van der Waals surface area (Å²) in [5.74, 6) is 0. The van der Waals surface area contributed by atoms with Crippen molar-refractivity contribution in [1.82, 2.24) is 4.57 Å². The van der Waals surface area contributed by atoms with E-state index >= 15 is 0 Å². The summed E-state index contributed by atoms with van der Waals surface area (Å²) in [5, 5.41) is 7.16. The molecule has 0 unspecified atom stereocenters. The quantitative estimate of drug-likeness (QED) is 0.172. The van der Waals surface area contributed by atoms with E-state index in [-0.39, 0.29) is 0 Å². The van der Waals surface area contributed by atoms with Crippen LogP contribution >= 0.6 is 0 Å². The molecule has 0 atom stereocenters. The first-order valence-corrected chi connectivity index (χ1v) is 18.8. The number of benzene rings is 9. The Morgan fingerprint density at radius 3 is 1.89 bits per heavy atom. The van der Waals surface area contributed by atoms with E-state index in [0.717, 1.165) is 50.4 Å². The van der Waals surface area contributed by atoms with Gasteiger partial charge in [0.15, 0.2) is 0 Å². The Morgan fingerprint density at radius 2 is 1.04 bits per heavy atom. The summed E-state index contributed by atoms with van der Waals surface area (Å²) in [6.07, 6.45) is 0. The van der Waals surface area contributed by atoms with Crippen LogP contribution in [0.5, 0.6) is 0 Å². The lowest BCUT2D eigenvalue weighted by molar-refractivity contribution is 0.670. The number of fused-ring (bicyclic) bond motifs is 8. The first-order valence-electron chi connectivity index (χ1n) is 18.8. The highest BCUT2D eigenvalue weighted by Crippen LogP contribution is 2.43. The molecule has 0 radical (unpaired) electrons. The minimum atomic E-state index is 0.909. The van der Waals surface area contributed by atoms with Gasteiger partial charge < -0.3 is 13.9 Å². The van der Waals surface area contributed by atoms with Crippen molar-refractivity contribution in [3.8, 4) is 27.9 Å². The Kier molecular flexibility index (Phi) is 7.17. The number of furan rings is 1. The number of para-hydroxylation sites is 3. The molecule has 9 aromatic carbocycles. The summed E-state index contributed by atoms with van der Waals surface area (Å²) < 4.78 is 8.98. The SMILES string of the molecule is c1ccc(-c2cccc(N(c3ccc(-c4cccc5c4oc4ccc6ccccc6c45)cc3)c3ccc4c(c3)c3ccccc3n4-c3ccccc3)c2)cc1. The molecule has 0 spiro atoms. The van der Waals surface area contributed by atoms with E-state index in [1.807, 2.05) is 0 Å². The number of hydrogen-bond donors (Lipinski definition) is 0. The predicted octanol–water partition coefficient (Wildman–Crippen LogP) is 14.6. The lowest BCUT2D eigenvalue weighted by Crippen LogP contribution is -2.10. The van der Waals surface area contributed by atoms with Gasteiger partial charge in [0, 0.05) is 49.9 Å². The minimum absolute atomic E-state index is 0.909. The summed E-state index contributed by atoms with van der Waals surface area (Å²) >= 11 is 0. The molecule has 3 heteroatoms. The highest BCUT2D eigenvalue weighted by Gasteiger charge is 2.19. The third-order valence-corrected chi connectivity index (χ3v) is 11.0. The number of aromatic nitrogens is 1. The lowest BCUT2D eigenvalue weighted by Gasteiger charge is -2.26. The molecule has 3 nitrogen and oxygen atoms in total. The molecule has 11 rings (SSSR count). The zero-order valence-electron chi connectivity index (χ0n) is 29.9. The van der Waals surface area contributed by atoms with Crippen molar-refractivity contribution in [1.29, 1.82) is 0 Å². The fraction of sp³-hybridized carbons (Fsp3) is 0. The van der Waals surface area contributed by atoms with Gasteiger partial charge in [-0.25, -0.2) is 0 Å². The van der Waals surface area contributed by atoms with E-state index in [1.165, 1.54) is 49.1 Å². The average Bonchev–Trinajstić information content (AvgIpc) is 3.81. The maximum Gasteiger partial charge on any atom is 0.143 e. The number of nitrogens with zero attached hydrogens (tertiary/aromatic N) is 2. The standard InChI is InChI=1S/C52H34N2O/c1-3-13-35(14-4-1)38-16-11-19-41(33-38)53(42-30-31-49-47(34-42)45-21-9-10-24-48(45)54(49)39-17-5-2-6-18-39)40-28-25-37(26-29-40)44-22-12-23-46-51-43-20-8-7-15-36(43)27-32-50(51)55-52(44)46/h1-34H. The molecule has 0 saturated carbocycles. The monoisotopic (exact) mass is 702 g/mol. The summed E-state index contributed by atoms with van der Waals surface area (Å²) in [5.41, 5.74) is 13.1. The third kappa shape index (κ3) is 5.13. The van der Waals surface area contributed by atoms with Crippen molar-refractivity contribution in [3.05, 3.63) is 206 Å². The Morgan fingerprint density at radius 1 is 0.382 bits per heavy atom. The van der Waals surface area contributed by atoms with E-state index < -0.39 is 0 Å². The van der Waals surface area contributed by atoms with E-state index in [2.05, 4.69) is 216 Å². The molecule has 0 saturated heterocycles. The van der Waals surface area contributed by atoms with Crippen LogP contribution in [-0.2, 0) is 0 Å². The van der Waals surface area contributed by atoms with Gasteiger partial charge in [-0.05, 0) is 94.2 Å². The van der Waals surface area contributed by atoms with Gasteiger partial charge in [-0.1, -0.05) is 140 Å². The molecule has 11 aromatic rings. The minimum Gasteiger partial charge on any atom is -0.455 e. The Bertz CT molecular complexity index is 3190. The van der Waals surface area contributed by atoms with Crippen molar-refractivity contribution in [2.45, 2.75) is 0 Å². The highest BCUT2D eigenvalue weighted by atomic mass is 16.3. The molecule has 55 heavy (non-hydrogen) atoms. The van der Waals surface area contributed by atoms with Crippen molar-refractivity contribution >= 4 is 71.6 Å².